The number of benzene rings is 2. The van der Waals surface area contributed by atoms with E-state index in [1.165, 1.54) is 42.5 Å². The minimum absolute atomic E-state index is 0.173. The lowest BCUT2D eigenvalue weighted by Gasteiger charge is -2.05. The van der Waals surface area contributed by atoms with Crippen molar-refractivity contribution in [2.24, 2.45) is 0 Å². The quantitative estimate of drug-likeness (QED) is 0.761. The van der Waals surface area contributed by atoms with Gasteiger partial charge < -0.3 is 10.6 Å². The third-order valence-corrected chi connectivity index (χ3v) is 4.16. The predicted octanol–water partition coefficient (Wildman–Crippen LogP) is 3.58. The molecule has 0 fully saturated rings. The Morgan fingerprint density at radius 1 is 1.12 bits per heavy atom. The summed E-state index contributed by atoms with van der Waals surface area (Å²) in [4.78, 5) is 27.5. The number of carbonyl (C=O) groups is 2. The Hall–Kier alpha value is -2.80. The molecule has 7 heteroatoms. The van der Waals surface area contributed by atoms with Crippen LogP contribution in [0.3, 0.4) is 0 Å². The number of anilines is 2. The molecule has 0 spiro atoms. The summed E-state index contributed by atoms with van der Waals surface area (Å²) in [6.07, 6.45) is 0.195. The zero-order valence-electron chi connectivity index (χ0n) is 12.8. The van der Waals surface area contributed by atoms with Crippen LogP contribution >= 0.6 is 11.3 Å². The van der Waals surface area contributed by atoms with Crippen LogP contribution in [-0.4, -0.2) is 16.8 Å². The molecule has 0 aliphatic carbocycles. The number of fused-ring (bicyclic) bond motifs is 1. The van der Waals surface area contributed by atoms with Gasteiger partial charge in [-0.05, 0) is 42.0 Å². The molecular weight excluding hydrogens is 329 g/mol. The van der Waals surface area contributed by atoms with Gasteiger partial charge in [0.05, 0.1) is 16.6 Å². The Morgan fingerprint density at radius 2 is 1.88 bits per heavy atom. The van der Waals surface area contributed by atoms with Crippen molar-refractivity contribution in [2.75, 3.05) is 10.6 Å². The first-order valence-corrected chi connectivity index (χ1v) is 8.04. The normalized spacial score (nSPS) is 10.6. The minimum Gasteiger partial charge on any atom is -0.326 e. The zero-order valence-corrected chi connectivity index (χ0v) is 13.6. The number of aromatic nitrogens is 1. The topological polar surface area (TPSA) is 71.1 Å². The Labute approximate surface area is 141 Å². The first kappa shape index (κ1) is 16.1. The number of nitrogens with one attached hydrogen (secondary N) is 2. The van der Waals surface area contributed by atoms with Gasteiger partial charge in [0.15, 0.2) is 5.13 Å². The number of nitrogens with zero attached hydrogens (tertiary/aromatic N) is 1. The molecule has 1 heterocycles. The van der Waals surface area contributed by atoms with Crippen molar-refractivity contribution < 1.29 is 14.0 Å². The smallest absolute Gasteiger partial charge is 0.228 e. The highest BCUT2D eigenvalue weighted by atomic mass is 32.1. The molecule has 3 rings (SSSR count). The summed E-state index contributed by atoms with van der Waals surface area (Å²) in [7, 11) is 0. The van der Waals surface area contributed by atoms with Gasteiger partial charge in [0, 0.05) is 12.6 Å². The van der Waals surface area contributed by atoms with Crippen LogP contribution in [0.15, 0.2) is 42.5 Å². The second kappa shape index (κ2) is 6.76. The SMILES string of the molecule is CC(=O)Nc1nc2ccc(CC(=O)Nc3ccc(F)cc3)cc2s1. The van der Waals surface area contributed by atoms with Crippen LogP contribution in [0.1, 0.15) is 12.5 Å². The number of thiazole rings is 1. The largest absolute Gasteiger partial charge is 0.326 e. The van der Waals surface area contributed by atoms with E-state index in [2.05, 4.69) is 15.6 Å². The zero-order chi connectivity index (χ0) is 17.1. The molecule has 2 aromatic carbocycles. The van der Waals surface area contributed by atoms with E-state index in [-0.39, 0.29) is 24.1 Å². The van der Waals surface area contributed by atoms with Crippen molar-refractivity contribution in [1.29, 1.82) is 0 Å². The fourth-order valence-electron chi connectivity index (χ4n) is 2.21. The lowest BCUT2D eigenvalue weighted by atomic mass is 10.1. The second-order valence-electron chi connectivity index (χ2n) is 5.23. The van der Waals surface area contributed by atoms with E-state index in [4.69, 9.17) is 0 Å². The van der Waals surface area contributed by atoms with Crippen molar-refractivity contribution in [3.05, 3.63) is 53.8 Å². The first-order valence-electron chi connectivity index (χ1n) is 7.22. The molecule has 0 radical (unpaired) electrons. The van der Waals surface area contributed by atoms with Gasteiger partial charge in [-0.3, -0.25) is 9.59 Å². The molecule has 24 heavy (non-hydrogen) atoms. The van der Waals surface area contributed by atoms with E-state index in [9.17, 15) is 14.0 Å². The Kier molecular flexibility index (Phi) is 4.52. The lowest BCUT2D eigenvalue weighted by molar-refractivity contribution is -0.116. The van der Waals surface area contributed by atoms with Gasteiger partial charge in [0.2, 0.25) is 11.8 Å². The molecule has 2 amide bonds. The molecule has 0 saturated carbocycles. The highest BCUT2D eigenvalue weighted by molar-refractivity contribution is 7.22. The van der Waals surface area contributed by atoms with Crippen LogP contribution in [0.25, 0.3) is 10.2 Å². The molecule has 5 nitrogen and oxygen atoms in total. The molecule has 1 aromatic heterocycles. The maximum atomic E-state index is 12.9. The average molecular weight is 343 g/mol. The number of hydrogen-bond donors (Lipinski definition) is 2. The van der Waals surface area contributed by atoms with Gasteiger partial charge >= 0.3 is 0 Å². The standard InChI is InChI=1S/C17H14FN3O2S/c1-10(22)19-17-21-14-7-2-11(8-15(14)24-17)9-16(23)20-13-5-3-12(18)4-6-13/h2-8H,9H2,1H3,(H,20,23)(H,19,21,22). The van der Waals surface area contributed by atoms with E-state index >= 15 is 0 Å². The monoisotopic (exact) mass is 343 g/mol. The summed E-state index contributed by atoms with van der Waals surface area (Å²) in [5.74, 6) is -0.709. The molecule has 2 N–H and O–H groups in total. The van der Waals surface area contributed by atoms with Crippen molar-refractivity contribution in [1.82, 2.24) is 4.98 Å². The average Bonchev–Trinajstić information content (AvgIpc) is 2.90. The maximum Gasteiger partial charge on any atom is 0.228 e. The minimum atomic E-state index is -0.348. The van der Waals surface area contributed by atoms with Gasteiger partial charge in [-0.2, -0.15) is 0 Å². The Bertz CT molecular complexity index is 906. The van der Waals surface area contributed by atoms with Crippen LogP contribution in [0, 0.1) is 5.82 Å². The van der Waals surface area contributed by atoms with Crippen LogP contribution in [0.5, 0.6) is 0 Å². The van der Waals surface area contributed by atoms with E-state index in [0.717, 1.165) is 15.8 Å². The summed E-state index contributed by atoms with van der Waals surface area (Å²) in [5.41, 5.74) is 2.15. The van der Waals surface area contributed by atoms with Crippen LogP contribution in [0.4, 0.5) is 15.2 Å². The summed E-state index contributed by atoms with van der Waals surface area (Å²) in [6, 6.07) is 11.1. The van der Waals surface area contributed by atoms with Gasteiger partial charge in [0.25, 0.3) is 0 Å². The third-order valence-electron chi connectivity index (χ3n) is 3.23. The number of rotatable bonds is 4. The molecule has 0 aliphatic rings. The number of carbonyl (C=O) groups excluding carboxylic acids is 2. The lowest BCUT2D eigenvalue weighted by Crippen LogP contribution is -2.14. The first-order chi connectivity index (χ1) is 11.5. The summed E-state index contributed by atoms with van der Waals surface area (Å²) in [6.45, 7) is 1.43. The predicted molar refractivity (Wildman–Crippen MR) is 92.7 cm³/mol. The number of halogens is 1. The van der Waals surface area contributed by atoms with Crippen LogP contribution in [0.2, 0.25) is 0 Å². The van der Waals surface area contributed by atoms with Gasteiger partial charge in [-0.1, -0.05) is 17.4 Å². The van der Waals surface area contributed by atoms with Gasteiger partial charge in [-0.25, -0.2) is 9.37 Å². The maximum absolute atomic E-state index is 12.9. The molecule has 0 bridgehead atoms. The number of amides is 2. The van der Waals surface area contributed by atoms with Crippen LogP contribution < -0.4 is 10.6 Å². The summed E-state index contributed by atoms with van der Waals surface area (Å²) < 4.78 is 13.8. The molecule has 0 saturated heterocycles. The number of hydrogen-bond acceptors (Lipinski definition) is 4. The van der Waals surface area contributed by atoms with E-state index in [0.29, 0.717) is 10.8 Å². The fourth-order valence-corrected chi connectivity index (χ4v) is 3.18. The second-order valence-corrected chi connectivity index (χ2v) is 6.26. The molecule has 0 aliphatic heterocycles. The Balaban J connectivity index is 1.71. The van der Waals surface area contributed by atoms with Crippen molar-refractivity contribution in [3.63, 3.8) is 0 Å². The summed E-state index contributed by atoms with van der Waals surface area (Å²) in [5, 5.41) is 5.91. The molecule has 122 valence electrons. The van der Waals surface area contributed by atoms with Crippen LogP contribution in [-0.2, 0) is 16.0 Å². The van der Waals surface area contributed by atoms with Crippen molar-refractivity contribution >= 4 is 44.2 Å². The highest BCUT2D eigenvalue weighted by Gasteiger charge is 2.09. The van der Waals surface area contributed by atoms with Gasteiger partial charge in [-0.15, -0.1) is 0 Å². The molecular formula is C17H14FN3O2S. The fraction of sp³-hybridized carbons (Fsp3) is 0.118. The van der Waals surface area contributed by atoms with Crippen molar-refractivity contribution in [3.8, 4) is 0 Å². The third kappa shape index (κ3) is 3.94. The molecule has 0 unspecified atom stereocenters. The van der Waals surface area contributed by atoms with Gasteiger partial charge in [0.1, 0.15) is 5.82 Å². The Morgan fingerprint density at radius 3 is 2.58 bits per heavy atom. The van der Waals surface area contributed by atoms with Crippen molar-refractivity contribution in [2.45, 2.75) is 13.3 Å². The van der Waals surface area contributed by atoms with E-state index < -0.39 is 0 Å². The summed E-state index contributed by atoms with van der Waals surface area (Å²) >= 11 is 1.36. The molecule has 0 atom stereocenters. The van der Waals surface area contributed by atoms with E-state index in [1.807, 2.05) is 18.2 Å². The molecule has 3 aromatic rings. The highest BCUT2D eigenvalue weighted by Crippen LogP contribution is 2.27. The van der Waals surface area contributed by atoms with E-state index in [1.54, 1.807) is 0 Å².